The maximum Gasteiger partial charge on any atom is 0.279 e. The molecule has 2 heterocycles. The molecular weight excluding hydrogens is 330 g/mol. The van der Waals surface area contributed by atoms with E-state index < -0.39 is 0 Å². The van der Waals surface area contributed by atoms with Crippen molar-refractivity contribution in [3.8, 4) is 6.07 Å². The van der Waals surface area contributed by atoms with Gasteiger partial charge in [-0.05, 0) is 36.6 Å². The van der Waals surface area contributed by atoms with Gasteiger partial charge < -0.3 is 10.2 Å². The van der Waals surface area contributed by atoms with Crippen molar-refractivity contribution in [2.45, 2.75) is 19.4 Å². The molecule has 0 fully saturated rings. The zero-order valence-corrected chi connectivity index (χ0v) is 14.3. The average molecular weight is 347 g/mol. The minimum Gasteiger partial charge on any atom is -0.321 e. The molecule has 2 aromatic rings. The predicted octanol–water partition coefficient (Wildman–Crippen LogP) is 2.41. The van der Waals surface area contributed by atoms with Gasteiger partial charge >= 0.3 is 0 Å². The molecule has 2 N–H and O–H groups in total. The number of nitrogens with one attached hydrogen (secondary N) is 2. The minimum atomic E-state index is -0.0358. The Kier molecular flexibility index (Phi) is 4.67. The van der Waals surface area contributed by atoms with Crippen LogP contribution in [0.1, 0.15) is 29.0 Å². The van der Waals surface area contributed by atoms with Crippen LogP contribution >= 0.6 is 22.9 Å². The third-order valence-electron chi connectivity index (χ3n) is 4.29. The second kappa shape index (κ2) is 6.71. The molecule has 0 spiro atoms. The average Bonchev–Trinajstić information content (AvgIpc) is 3.00. The number of halogens is 1. The van der Waals surface area contributed by atoms with Crippen molar-refractivity contribution in [2.24, 2.45) is 0 Å². The van der Waals surface area contributed by atoms with E-state index in [0.717, 1.165) is 13.0 Å². The van der Waals surface area contributed by atoms with E-state index in [0.29, 0.717) is 28.9 Å². The fraction of sp³-hybridized carbons (Fsp3) is 0.294. The first-order chi connectivity index (χ1) is 11.1. The Morgan fingerprint density at radius 3 is 3.09 bits per heavy atom. The van der Waals surface area contributed by atoms with E-state index in [2.05, 4.69) is 23.7 Å². The summed E-state index contributed by atoms with van der Waals surface area (Å²) in [6, 6.07) is 9.44. The maximum atomic E-state index is 12.3. The van der Waals surface area contributed by atoms with Crippen LogP contribution in [0.4, 0.5) is 5.69 Å². The SMILES string of the molecule is C[C@H]1c2ccsc2CC[NH+]1CC(=O)Nc1ccc(C#N)c(Cl)c1. The number of carbonyl (C=O) groups excluding carboxylic acids is 1. The second-order valence-electron chi connectivity index (χ2n) is 5.71. The highest BCUT2D eigenvalue weighted by Crippen LogP contribution is 2.24. The summed E-state index contributed by atoms with van der Waals surface area (Å²) in [6.45, 7) is 3.57. The van der Waals surface area contributed by atoms with E-state index in [-0.39, 0.29) is 5.91 Å². The topological polar surface area (TPSA) is 57.3 Å². The number of nitrogens with zero attached hydrogens (tertiary/aromatic N) is 1. The van der Waals surface area contributed by atoms with Gasteiger partial charge in [0.15, 0.2) is 6.54 Å². The lowest BCUT2D eigenvalue weighted by Gasteiger charge is -2.29. The zero-order chi connectivity index (χ0) is 16.4. The van der Waals surface area contributed by atoms with Gasteiger partial charge in [-0.1, -0.05) is 11.6 Å². The molecule has 23 heavy (non-hydrogen) atoms. The fourth-order valence-electron chi connectivity index (χ4n) is 2.99. The molecule has 1 aliphatic heterocycles. The maximum absolute atomic E-state index is 12.3. The normalized spacial score (nSPS) is 19.7. The first-order valence-electron chi connectivity index (χ1n) is 7.49. The predicted molar refractivity (Wildman–Crippen MR) is 91.9 cm³/mol. The third-order valence-corrected chi connectivity index (χ3v) is 5.60. The van der Waals surface area contributed by atoms with Crippen LogP contribution in [-0.2, 0) is 11.2 Å². The van der Waals surface area contributed by atoms with Crippen molar-refractivity contribution < 1.29 is 9.69 Å². The summed E-state index contributed by atoms with van der Waals surface area (Å²) in [4.78, 5) is 15.0. The van der Waals surface area contributed by atoms with Gasteiger partial charge in [0.1, 0.15) is 12.1 Å². The van der Waals surface area contributed by atoms with E-state index >= 15 is 0 Å². The Morgan fingerprint density at radius 1 is 1.52 bits per heavy atom. The van der Waals surface area contributed by atoms with Crippen molar-refractivity contribution in [2.75, 3.05) is 18.4 Å². The molecule has 2 atom stereocenters. The van der Waals surface area contributed by atoms with Crippen molar-refractivity contribution in [1.82, 2.24) is 0 Å². The lowest BCUT2D eigenvalue weighted by atomic mass is 10.0. The molecule has 3 rings (SSSR count). The minimum absolute atomic E-state index is 0.0358. The lowest BCUT2D eigenvalue weighted by molar-refractivity contribution is -0.923. The highest BCUT2D eigenvalue weighted by atomic mass is 35.5. The molecule has 0 saturated heterocycles. The lowest BCUT2D eigenvalue weighted by Crippen LogP contribution is -3.14. The fourth-order valence-corrected chi connectivity index (χ4v) is 4.19. The summed E-state index contributed by atoms with van der Waals surface area (Å²) in [5.41, 5.74) is 2.40. The van der Waals surface area contributed by atoms with Crippen molar-refractivity contribution in [3.63, 3.8) is 0 Å². The Hall–Kier alpha value is -1.87. The number of hydrogen-bond donors (Lipinski definition) is 2. The summed E-state index contributed by atoms with van der Waals surface area (Å²) < 4.78 is 0. The molecule has 1 aromatic carbocycles. The van der Waals surface area contributed by atoms with E-state index in [9.17, 15) is 4.79 Å². The quantitative estimate of drug-likeness (QED) is 0.896. The Balaban J connectivity index is 1.64. The molecule has 1 aromatic heterocycles. The highest BCUT2D eigenvalue weighted by Gasteiger charge is 2.29. The number of benzene rings is 1. The zero-order valence-electron chi connectivity index (χ0n) is 12.7. The van der Waals surface area contributed by atoms with Crippen molar-refractivity contribution in [3.05, 3.63) is 50.7 Å². The number of amides is 1. The Labute approximate surface area is 144 Å². The van der Waals surface area contributed by atoms with Gasteiger partial charge in [-0.2, -0.15) is 5.26 Å². The van der Waals surface area contributed by atoms with Gasteiger partial charge in [-0.15, -0.1) is 11.3 Å². The Bertz CT molecular complexity index is 780. The number of anilines is 1. The van der Waals surface area contributed by atoms with Crippen LogP contribution in [0, 0.1) is 11.3 Å². The summed E-state index contributed by atoms with van der Waals surface area (Å²) in [5.74, 6) is -0.0358. The van der Waals surface area contributed by atoms with E-state index in [1.54, 1.807) is 29.5 Å². The van der Waals surface area contributed by atoms with Crippen LogP contribution in [0.2, 0.25) is 5.02 Å². The van der Waals surface area contributed by atoms with Crippen LogP contribution in [0.3, 0.4) is 0 Å². The van der Waals surface area contributed by atoms with Crippen molar-refractivity contribution >= 4 is 34.5 Å². The summed E-state index contributed by atoms with van der Waals surface area (Å²) in [6.07, 6.45) is 1.03. The molecular formula is C17H17ClN3OS+. The van der Waals surface area contributed by atoms with E-state index in [1.807, 2.05) is 6.07 Å². The van der Waals surface area contributed by atoms with Crippen LogP contribution in [0.15, 0.2) is 29.6 Å². The first-order valence-corrected chi connectivity index (χ1v) is 8.74. The standard InChI is InChI=1S/C17H16ClN3OS/c1-11-14-5-7-23-16(14)4-6-21(11)10-17(22)20-13-3-2-12(9-19)15(18)8-13/h2-3,5,7-8,11H,4,6,10H2,1H3,(H,20,22)/p+1/t11-/m0/s1. The van der Waals surface area contributed by atoms with E-state index in [4.69, 9.17) is 16.9 Å². The number of nitriles is 1. The Morgan fingerprint density at radius 2 is 2.35 bits per heavy atom. The van der Waals surface area contributed by atoms with Gasteiger partial charge in [0.05, 0.1) is 17.1 Å². The molecule has 1 amide bonds. The summed E-state index contributed by atoms with van der Waals surface area (Å²) >= 11 is 7.80. The molecule has 0 aliphatic carbocycles. The number of rotatable bonds is 3. The van der Waals surface area contributed by atoms with Crippen LogP contribution in [0.5, 0.6) is 0 Å². The number of thiophene rings is 1. The molecule has 1 aliphatic rings. The van der Waals surface area contributed by atoms with Gasteiger partial charge in [0, 0.05) is 22.5 Å². The monoisotopic (exact) mass is 346 g/mol. The van der Waals surface area contributed by atoms with Gasteiger partial charge in [-0.25, -0.2) is 0 Å². The molecule has 4 nitrogen and oxygen atoms in total. The molecule has 1 unspecified atom stereocenters. The van der Waals surface area contributed by atoms with Gasteiger partial charge in [0.25, 0.3) is 5.91 Å². The summed E-state index contributed by atoms with van der Waals surface area (Å²) in [5, 5.41) is 14.2. The molecule has 6 heteroatoms. The number of fused-ring (bicyclic) bond motifs is 1. The van der Waals surface area contributed by atoms with Crippen LogP contribution in [0.25, 0.3) is 0 Å². The second-order valence-corrected chi connectivity index (χ2v) is 7.12. The van der Waals surface area contributed by atoms with Gasteiger partial charge in [-0.3, -0.25) is 4.79 Å². The number of quaternary nitrogens is 1. The van der Waals surface area contributed by atoms with Crippen LogP contribution < -0.4 is 10.2 Å². The number of carbonyl (C=O) groups is 1. The third kappa shape index (κ3) is 3.40. The highest BCUT2D eigenvalue weighted by molar-refractivity contribution is 7.10. The van der Waals surface area contributed by atoms with E-state index in [1.165, 1.54) is 15.3 Å². The molecule has 0 radical (unpaired) electrons. The van der Waals surface area contributed by atoms with Crippen LogP contribution in [-0.4, -0.2) is 19.0 Å². The molecule has 0 bridgehead atoms. The smallest absolute Gasteiger partial charge is 0.279 e. The number of hydrogen-bond acceptors (Lipinski definition) is 3. The largest absolute Gasteiger partial charge is 0.321 e. The molecule has 0 saturated carbocycles. The van der Waals surface area contributed by atoms with Crippen molar-refractivity contribution in [1.29, 1.82) is 5.26 Å². The van der Waals surface area contributed by atoms with Gasteiger partial charge in [0.2, 0.25) is 0 Å². The first kappa shape index (κ1) is 16.0. The molecule has 118 valence electrons. The summed E-state index contributed by atoms with van der Waals surface area (Å²) in [7, 11) is 0.